The number of benzene rings is 3. The summed E-state index contributed by atoms with van der Waals surface area (Å²) < 4.78 is 18.8. The molecule has 0 unspecified atom stereocenters. The van der Waals surface area contributed by atoms with Crippen LogP contribution in [0.15, 0.2) is 70.4 Å². The first-order chi connectivity index (χ1) is 36.3. The van der Waals surface area contributed by atoms with E-state index in [4.69, 9.17) is 24.2 Å². The number of amides is 2. The minimum atomic E-state index is -1.88. The van der Waals surface area contributed by atoms with Gasteiger partial charge in [-0.3, -0.25) is 29.2 Å². The molecule has 1 spiro atoms. The monoisotopic (exact) mass is 1060 g/mol. The SMILES string of the molecule is C/C1=C/C=C/[C@H](C)[C@H](OC(=O)CN(C)C(=O)Cc2ccc(CC(C=O)C=O)cc2)[C@@H](C)[C@@H](O)[C@@H](C)[C@H](C)[C@H](C)[C@@H](C)/C=C/O[C@@]2(C)Oc3c(C)c(O)c4c(O)c(c5c(c4c3C2=O)=NC2(CCN(CC(C)C)CC2)N=5)NC1=O. The van der Waals surface area contributed by atoms with Crippen molar-refractivity contribution in [1.29, 1.82) is 0 Å². The number of aliphatic hydroxyl groups is 1. The van der Waals surface area contributed by atoms with E-state index in [0.717, 1.165) is 12.1 Å². The molecule has 5 bridgehead atoms. The van der Waals surface area contributed by atoms with Gasteiger partial charge in [-0.25, -0.2) is 0 Å². The van der Waals surface area contributed by atoms with Gasteiger partial charge in [-0.1, -0.05) is 97.9 Å². The molecule has 3 aromatic rings. The Hall–Kier alpha value is -6.72. The van der Waals surface area contributed by atoms with Gasteiger partial charge in [-0.2, -0.15) is 0 Å². The lowest BCUT2D eigenvalue weighted by atomic mass is 9.72. The van der Waals surface area contributed by atoms with Crippen LogP contribution in [0, 0.1) is 54.3 Å². The number of allylic oxidation sites excluding steroid dienone is 3. The van der Waals surface area contributed by atoms with Crippen molar-refractivity contribution >= 4 is 52.6 Å². The second-order valence-corrected chi connectivity index (χ2v) is 22.7. The van der Waals surface area contributed by atoms with Gasteiger partial charge in [0.15, 0.2) is 11.4 Å². The molecule has 1 fully saturated rings. The number of esters is 1. The van der Waals surface area contributed by atoms with E-state index >= 15 is 0 Å². The molecule has 5 heterocycles. The summed E-state index contributed by atoms with van der Waals surface area (Å²) in [6.45, 7) is 22.6. The predicted molar refractivity (Wildman–Crippen MR) is 291 cm³/mol. The van der Waals surface area contributed by atoms with Gasteiger partial charge in [0.25, 0.3) is 11.7 Å². The van der Waals surface area contributed by atoms with Crippen LogP contribution in [0.3, 0.4) is 0 Å². The Morgan fingerprint density at radius 3 is 2.16 bits per heavy atom. The number of likely N-dealkylation sites (N-methyl/N-ethyl adjacent to an activating group) is 1. The number of hydrogen-bond donors (Lipinski definition) is 4. The third-order valence-corrected chi connectivity index (χ3v) is 16.6. The van der Waals surface area contributed by atoms with Crippen LogP contribution >= 0.6 is 0 Å². The molecule has 9 atom stereocenters. The standard InChI is InChI=1S/C60H77N5O12/c1-32(2)28-65-23-21-60(22-24-65)62-49-46-47-53(71)40(10)56-48(46)57(73)59(11,77-56)75-25-20-33(3)36(6)37(7)38(8)52(70)39(9)55(34(4)14-13-15-35(5)58(74)61-51(54(47)72)50(49)63-60)76-45(69)29-64(12)44(68)27-42-18-16-41(17-19-42)26-43(30-66)31-67/h13-20,25,30-34,36-39,43,52,55,70-72H,21-24,26-29H2,1-12H3,(H,61,74)/b14-13+,25-20+,35-15-/t33-,34-,36+,37+,38-,39-,52-,55-,59-/m0/s1. The molecule has 3 aromatic carbocycles. The number of likely N-dealkylation sites (tertiary alicyclic amines) is 1. The zero-order valence-corrected chi connectivity index (χ0v) is 46.6. The quantitative estimate of drug-likeness (QED) is 0.0664. The summed E-state index contributed by atoms with van der Waals surface area (Å²) in [7, 11) is 1.50. The van der Waals surface area contributed by atoms with E-state index in [1.165, 1.54) is 25.1 Å². The molecule has 0 radical (unpaired) electrons. The van der Waals surface area contributed by atoms with Crippen LogP contribution in [0.25, 0.3) is 10.8 Å². The average Bonchev–Trinajstić information content (AvgIpc) is 3.91. The number of aliphatic hydroxyl groups excluding tert-OH is 1. The molecule has 0 aliphatic carbocycles. The summed E-state index contributed by atoms with van der Waals surface area (Å²) in [5.74, 6) is -6.90. The van der Waals surface area contributed by atoms with Gasteiger partial charge >= 0.3 is 11.8 Å². The number of nitrogens with one attached hydrogen (secondary N) is 1. The summed E-state index contributed by atoms with van der Waals surface area (Å²) in [6.07, 6.45) is 8.90. The minimum Gasteiger partial charge on any atom is -0.507 e. The van der Waals surface area contributed by atoms with Gasteiger partial charge in [0.2, 0.25) is 5.91 Å². The largest absolute Gasteiger partial charge is 0.507 e. The highest BCUT2D eigenvalue weighted by Crippen LogP contribution is 2.50. The maximum absolute atomic E-state index is 14.8. The first-order valence-corrected chi connectivity index (χ1v) is 26.9. The Labute approximate surface area is 451 Å². The van der Waals surface area contributed by atoms with Crippen molar-refractivity contribution in [1.82, 2.24) is 9.80 Å². The van der Waals surface area contributed by atoms with Gasteiger partial charge in [-0.05, 0) is 67.1 Å². The Bertz CT molecular complexity index is 3000. The van der Waals surface area contributed by atoms with Crippen molar-refractivity contribution in [3.63, 3.8) is 0 Å². The van der Waals surface area contributed by atoms with Crippen molar-refractivity contribution in [2.75, 3.05) is 38.5 Å². The Morgan fingerprint density at radius 1 is 0.883 bits per heavy atom. The molecular formula is C60H77N5O12. The highest BCUT2D eigenvalue weighted by molar-refractivity contribution is 6.19. The molecule has 1 saturated heterocycles. The summed E-state index contributed by atoms with van der Waals surface area (Å²) in [6, 6.07) is 6.99. The second-order valence-electron chi connectivity index (χ2n) is 22.7. The zero-order chi connectivity index (χ0) is 56.4. The minimum absolute atomic E-state index is 0.0144. The van der Waals surface area contributed by atoms with E-state index in [0.29, 0.717) is 50.0 Å². The number of carbonyl (C=O) groups excluding carboxylic acids is 6. The number of aldehydes is 2. The van der Waals surface area contributed by atoms with Crippen molar-refractivity contribution in [2.45, 2.75) is 126 Å². The van der Waals surface area contributed by atoms with Gasteiger partial charge in [0.1, 0.15) is 47.8 Å². The summed E-state index contributed by atoms with van der Waals surface area (Å²) in [4.78, 5) is 92.7. The Balaban J connectivity index is 1.23. The maximum Gasteiger partial charge on any atom is 0.325 e. The number of Topliss-reactive ketones (excluding diaryl/α,β-unsaturated/α-hetero) is 1. The molecule has 77 heavy (non-hydrogen) atoms. The van der Waals surface area contributed by atoms with Crippen LogP contribution in [0.4, 0.5) is 5.69 Å². The highest BCUT2D eigenvalue weighted by Gasteiger charge is 2.50. The first kappa shape index (κ1) is 58.0. The summed E-state index contributed by atoms with van der Waals surface area (Å²) >= 11 is 0. The molecule has 5 aliphatic rings. The number of piperidine rings is 1. The topological polar surface area (TPSA) is 234 Å². The van der Waals surface area contributed by atoms with Crippen LogP contribution in [0.5, 0.6) is 17.2 Å². The second kappa shape index (κ2) is 23.5. The Kier molecular flexibility index (Phi) is 17.7. The smallest absolute Gasteiger partial charge is 0.325 e. The molecule has 8 rings (SSSR count). The van der Waals surface area contributed by atoms with E-state index < -0.39 is 64.8 Å². The van der Waals surface area contributed by atoms with E-state index in [2.05, 4.69) is 31.0 Å². The lowest BCUT2D eigenvalue weighted by Crippen LogP contribution is -2.44. The number of phenolic OH excluding ortho intramolecular Hbond substituents is 2. The number of hydrogen-bond acceptors (Lipinski definition) is 15. The number of ketones is 1. The van der Waals surface area contributed by atoms with E-state index in [9.17, 15) is 44.1 Å². The van der Waals surface area contributed by atoms with Crippen LogP contribution in [-0.2, 0) is 46.3 Å². The van der Waals surface area contributed by atoms with Crippen LogP contribution in [0.2, 0.25) is 0 Å². The fraction of sp³-hybridized carbons (Fsp3) is 0.533. The van der Waals surface area contributed by atoms with E-state index in [-0.39, 0.29) is 104 Å². The molecule has 0 aromatic heterocycles. The molecule has 4 N–H and O–H groups in total. The molecular weight excluding hydrogens is 983 g/mol. The number of carbonyl (C=O) groups is 6. The maximum atomic E-state index is 14.8. The molecule has 414 valence electrons. The van der Waals surface area contributed by atoms with Gasteiger partial charge in [-0.15, -0.1) is 0 Å². The van der Waals surface area contributed by atoms with Crippen LogP contribution in [0.1, 0.15) is 109 Å². The summed E-state index contributed by atoms with van der Waals surface area (Å²) in [5, 5.41) is 39.7. The fourth-order valence-electron chi connectivity index (χ4n) is 11.1. The summed E-state index contributed by atoms with van der Waals surface area (Å²) in [5.41, 5.74) is 0.869. The molecule has 17 nitrogen and oxygen atoms in total. The number of rotatable bonds is 11. The number of anilines is 1. The molecule has 17 heteroatoms. The van der Waals surface area contributed by atoms with Crippen LogP contribution < -0.4 is 20.8 Å². The third-order valence-electron chi connectivity index (χ3n) is 16.6. The molecule has 0 saturated carbocycles. The van der Waals surface area contributed by atoms with Crippen molar-refractivity contribution in [3.05, 3.63) is 93.4 Å². The number of ether oxygens (including phenoxy) is 3. The van der Waals surface area contributed by atoms with E-state index in [1.807, 2.05) is 40.7 Å². The molecule has 5 aliphatic heterocycles. The predicted octanol–water partition coefficient (Wildman–Crippen LogP) is 6.88. The van der Waals surface area contributed by atoms with Crippen molar-refractivity contribution < 1.29 is 58.3 Å². The highest BCUT2D eigenvalue weighted by atomic mass is 16.7. The number of nitrogens with zero attached hydrogens (tertiary/aromatic N) is 4. The number of fused-ring (bicyclic) bond motifs is 13. The molecule has 2 amide bonds. The Morgan fingerprint density at radius 2 is 1.52 bits per heavy atom. The van der Waals surface area contributed by atoms with Crippen molar-refractivity contribution in [2.24, 2.45) is 57.3 Å². The van der Waals surface area contributed by atoms with E-state index in [1.54, 1.807) is 56.3 Å². The van der Waals surface area contributed by atoms with Crippen LogP contribution in [-0.4, -0.2) is 118 Å². The zero-order valence-electron chi connectivity index (χ0n) is 46.6. The van der Waals surface area contributed by atoms with Gasteiger partial charge < -0.3 is 54.2 Å². The number of aromatic hydroxyl groups is 2. The van der Waals surface area contributed by atoms with Crippen molar-refractivity contribution in [3.8, 4) is 17.2 Å². The number of phenols is 2. The lowest BCUT2D eigenvalue weighted by Gasteiger charge is -2.38. The lowest BCUT2D eigenvalue weighted by molar-refractivity contribution is -0.160. The van der Waals surface area contributed by atoms with Gasteiger partial charge in [0, 0.05) is 74.8 Å². The van der Waals surface area contributed by atoms with Gasteiger partial charge in [0.05, 0.1) is 41.0 Å². The average molecular weight is 1060 g/mol. The third kappa shape index (κ3) is 12.1. The fourth-order valence-corrected chi connectivity index (χ4v) is 11.1. The normalized spacial score (nSPS) is 28.2. The first-order valence-electron chi connectivity index (χ1n) is 26.9.